The number of para-hydroxylation sites is 2. The zero-order chi connectivity index (χ0) is 23.7. The highest BCUT2D eigenvalue weighted by molar-refractivity contribution is 8.00. The number of ketones is 2. The van der Waals surface area contributed by atoms with Gasteiger partial charge in [-0.05, 0) is 45.4 Å². The van der Waals surface area contributed by atoms with Gasteiger partial charge in [-0.3, -0.25) is 14.2 Å². The molecule has 3 aromatic rings. The van der Waals surface area contributed by atoms with E-state index in [2.05, 4.69) is 21.8 Å². The number of thioether (sulfide) groups is 1. The molecule has 33 heavy (non-hydrogen) atoms. The third-order valence-electron chi connectivity index (χ3n) is 5.54. The molecule has 0 amide bonds. The van der Waals surface area contributed by atoms with Crippen LogP contribution >= 0.6 is 11.8 Å². The van der Waals surface area contributed by atoms with Gasteiger partial charge in [-0.15, -0.1) is 16.8 Å². The Bertz CT molecular complexity index is 1230. The first-order valence-corrected chi connectivity index (χ1v) is 11.5. The first-order chi connectivity index (χ1) is 15.8. The highest BCUT2D eigenvalue weighted by atomic mass is 32.2. The Hall–Kier alpha value is -3.33. The summed E-state index contributed by atoms with van der Waals surface area (Å²) in [6, 6.07) is 7.48. The number of hydrogen-bond donors (Lipinski definition) is 1. The van der Waals surface area contributed by atoms with E-state index in [0.717, 1.165) is 0 Å². The van der Waals surface area contributed by atoms with Crippen molar-refractivity contribution in [1.29, 1.82) is 0 Å². The largest absolute Gasteiger partial charge is 0.485 e. The first-order valence-electron chi connectivity index (χ1n) is 10.6. The predicted octanol–water partition coefficient (Wildman–Crippen LogP) is 4.49. The molecule has 1 aliphatic heterocycles. The first kappa shape index (κ1) is 22.8. The fourth-order valence-electron chi connectivity index (χ4n) is 4.01. The van der Waals surface area contributed by atoms with Crippen molar-refractivity contribution in [1.82, 2.24) is 19.7 Å². The van der Waals surface area contributed by atoms with Crippen molar-refractivity contribution in [3.63, 3.8) is 0 Å². The summed E-state index contributed by atoms with van der Waals surface area (Å²) in [6.45, 7) is 11.5. The lowest BCUT2D eigenvalue weighted by molar-refractivity contribution is 0.0821. The molecule has 0 aliphatic carbocycles. The number of benzene rings is 1. The van der Waals surface area contributed by atoms with Crippen LogP contribution in [0.2, 0.25) is 0 Å². The lowest BCUT2D eigenvalue weighted by Crippen LogP contribution is -2.25. The number of allylic oxidation sites excluding steroid dienone is 1. The third kappa shape index (κ3) is 4.32. The summed E-state index contributed by atoms with van der Waals surface area (Å²) in [4.78, 5) is 28.2. The van der Waals surface area contributed by atoms with Crippen LogP contribution in [0.1, 0.15) is 57.9 Å². The monoisotopic (exact) mass is 466 g/mol. The zero-order valence-electron chi connectivity index (χ0n) is 19.0. The number of carbonyl (C=O) groups is 2. The molecule has 0 fully saturated rings. The summed E-state index contributed by atoms with van der Waals surface area (Å²) in [7, 11) is 0. The van der Waals surface area contributed by atoms with Gasteiger partial charge in [0.15, 0.2) is 40.2 Å². The lowest BCUT2D eigenvalue weighted by Gasteiger charge is -2.26. The highest BCUT2D eigenvalue weighted by Crippen LogP contribution is 2.36. The zero-order valence-corrected chi connectivity index (χ0v) is 19.9. The Balaban J connectivity index is 1.57. The van der Waals surface area contributed by atoms with E-state index < -0.39 is 11.4 Å². The van der Waals surface area contributed by atoms with Gasteiger partial charge in [0.05, 0.1) is 10.9 Å². The minimum atomic E-state index is -0.452. The average Bonchev–Trinajstić information content (AvgIpc) is 3.32. The molecule has 4 rings (SSSR count). The second kappa shape index (κ2) is 9.27. The van der Waals surface area contributed by atoms with Gasteiger partial charge in [0.25, 0.3) is 0 Å². The summed E-state index contributed by atoms with van der Waals surface area (Å²) in [6.07, 6.45) is 1.32. The van der Waals surface area contributed by atoms with Crippen molar-refractivity contribution in [2.24, 2.45) is 0 Å². The second-order valence-electron chi connectivity index (χ2n) is 7.91. The van der Waals surface area contributed by atoms with E-state index in [-0.39, 0.29) is 11.6 Å². The van der Waals surface area contributed by atoms with Crippen LogP contribution in [-0.2, 0) is 6.54 Å². The molecule has 0 radical (unpaired) electrons. The summed E-state index contributed by atoms with van der Waals surface area (Å²) in [5.74, 6) is 1.79. The molecular formula is C24H26N4O4S. The number of H-pyrrole nitrogens is 1. The lowest BCUT2D eigenvalue weighted by atomic mass is 10.0. The molecule has 0 unspecified atom stereocenters. The van der Waals surface area contributed by atoms with Crippen molar-refractivity contribution in [2.75, 3.05) is 6.61 Å². The summed E-state index contributed by atoms with van der Waals surface area (Å²) in [5.41, 5.74) is 2.40. The van der Waals surface area contributed by atoms with Gasteiger partial charge in [-0.2, -0.15) is 0 Å². The molecule has 172 valence electrons. The molecule has 0 bridgehead atoms. The van der Waals surface area contributed by atoms with E-state index in [1.54, 1.807) is 19.9 Å². The molecule has 9 heteroatoms. The van der Waals surface area contributed by atoms with Gasteiger partial charge < -0.3 is 14.5 Å². The molecule has 1 aliphatic rings. The molecule has 3 heterocycles. The van der Waals surface area contributed by atoms with E-state index in [1.807, 2.05) is 35.8 Å². The fraction of sp³-hybridized carbons (Fsp3) is 0.333. The Labute approximate surface area is 196 Å². The van der Waals surface area contributed by atoms with E-state index >= 15 is 0 Å². The fourth-order valence-corrected chi connectivity index (χ4v) is 4.94. The molecule has 8 nitrogen and oxygen atoms in total. The van der Waals surface area contributed by atoms with Crippen LogP contribution in [0.3, 0.4) is 0 Å². The molecule has 2 atom stereocenters. The summed E-state index contributed by atoms with van der Waals surface area (Å²) >= 11 is 1.31. The van der Waals surface area contributed by atoms with Gasteiger partial charge in [0.2, 0.25) is 0 Å². The Kier molecular flexibility index (Phi) is 6.42. The van der Waals surface area contributed by atoms with Crippen molar-refractivity contribution < 1.29 is 19.1 Å². The molecular weight excluding hydrogens is 440 g/mol. The summed E-state index contributed by atoms with van der Waals surface area (Å²) in [5, 5.41) is 8.81. The molecule has 0 saturated carbocycles. The molecule has 1 N–H and O–H groups in total. The van der Waals surface area contributed by atoms with Gasteiger partial charge in [-0.25, -0.2) is 0 Å². The topological polar surface area (TPSA) is 99.1 Å². The normalized spacial score (nSPS) is 15.8. The van der Waals surface area contributed by atoms with E-state index in [9.17, 15) is 9.59 Å². The second-order valence-corrected chi connectivity index (χ2v) is 9.22. The number of aryl methyl sites for hydroxylation is 1. The maximum Gasteiger partial charge on any atom is 0.192 e. The van der Waals surface area contributed by atoms with Crippen LogP contribution in [0.25, 0.3) is 0 Å². The SMILES string of the molecule is C=CCn1c(S[C@@H](C)C(=O)c2[nH]c(C)c(C(C)=O)c2C)nnc1[C@@H]1COc2ccccc2O1. The standard InChI is InChI=1S/C24H26N4O4S/c1-6-11-28-23(19-12-31-17-9-7-8-10-18(17)32-19)26-27-24(28)33-16(5)22(30)21-13(2)20(15(4)29)14(3)25-21/h6-10,16,19,25H,1,11-12H2,2-5H3/t16-,19-/m0/s1. The maximum absolute atomic E-state index is 13.2. The third-order valence-corrected chi connectivity index (χ3v) is 6.62. The van der Waals surface area contributed by atoms with Crippen LogP contribution < -0.4 is 9.47 Å². The van der Waals surface area contributed by atoms with Crippen molar-refractivity contribution in [3.05, 3.63) is 65.3 Å². The van der Waals surface area contributed by atoms with Crippen LogP contribution in [0, 0.1) is 13.8 Å². The number of aromatic amines is 1. The number of nitrogens with one attached hydrogen (secondary N) is 1. The van der Waals surface area contributed by atoms with Crippen LogP contribution in [0.5, 0.6) is 11.5 Å². The number of hydrogen-bond acceptors (Lipinski definition) is 7. The number of carbonyl (C=O) groups excluding carboxylic acids is 2. The number of nitrogens with zero attached hydrogens (tertiary/aromatic N) is 3. The number of fused-ring (bicyclic) bond motifs is 1. The van der Waals surface area contributed by atoms with Crippen molar-refractivity contribution >= 4 is 23.3 Å². The van der Waals surface area contributed by atoms with E-state index in [0.29, 0.717) is 58.1 Å². The van der Waals surface area contributed by atoms with E-state index in [1.165, 1.54) is 18.7 Å². The Morgan fingerprint density at radius 1 is 1.30 bits per heavy atom. The van der Waals surface area contributed by atoms with Gasteiger partial charge in [0.1, 0.15) is 6.61 Å². The number of rotatable bonds is 8. The number of Topliss-reactive ketones (excluding diaryl/α,β-unsaturated/α-hetero) is 2. The quantitative estimate of drug-likeness (QED) is 0.297. The number of aromatic nitrogens is 4. The highest BCUT2D eigenvalue weighted by Gasteiger charge is 2.30. The van der Waals surface area contributed by atoms with Crippen LogP contribution in [0.4, 0.5) is 0 Å². The smallest absolute Gasteiger partial charge is 0.192 e. The Morgan fingerprint density at radius 2 is 2.03 bits per heavy atom. The van der Waals surface area contributed by atoms with Gasteiger partial charge in [0, 0.05) is 17.8 Å². The van der Waals surface area contributed by atoms with Crippen molar-refractivity contribution in [2.45, 2.75) is 50.8 Å². The van der Waals surface area contributed by atoms with E-state index in [4.69, 9.17) is 9.47 Å². The van der Waals surface area contributed by atoms with Crippen LogP contribution in [-0.4, -0.2) is 43.2 Å². The van der Waals surface area contributed by atoms with Crippen LogP contribution in [0.15, 0.2) is 42.1 Å². The minimum absolute atomic E-state index is 0.0627. The minimum Gasteiger partial charge on any atom is -0.485 e. The molecule has 0 spiro atoms. The Morgan fingerprint density at radius 3 is 2.70 bits per heavy atom. The van der Waals surface area contributed by atoms with Gasteiger partial charge >= 0.3 is 0 Å². The maximum atomic E-state index is 13.2. The average molecular weight is 467 g/mol. The van der Waals surface area contributed by atoms with Crippen molar-refractivity contribution in [3.8, 4) is 11.5 Å². The number of ether oxygens (including phenoxy) is 2. The molecule has 1 aromatic carbocycles. The predicted molar refractivity (Wildman–Crippen MR) is 125 cm³/mol. The molecule has 2 aromatic heterocycles. The van der Waals surface area contributed by atoms with Gasteiger partial charge in [-0.1, -0.05) is 30.0 Å². The molecule has 0 saturated heterocycles. The summed E-state index contributed by atoms with van der Waals surface area (Å²) < 4.78 is 13.8.